The lowest BCUT2D eigenvalue weighted by Gasteiger charge is -2.20. The molecule has 90 valence electrons. The monoisotopic (exact) mass is 256 g/mol. The minimum atomic E-state index is -3.43. The van der Waals surface area contributed by atoms with Crippen LogP contribution in [0.25, 0.3) is 0 Å². The molecule has 5 nitrogen and oxygen atoms in total. The maximum Gasteiger partial charge on any atom is 0.235 e. The van der Waals surface area contributed by atoms with E-state index in [1.807, 2.05) is 20.8 Å². The van der Waals surface area contributed by atoms with Crippen molar-refractivity contribution in [1.82, 2.24) is 10.0 Å². The molecule has 0 bridgehead atoms. The van der Waals surface area contributed by atoms with Crippen molar-refractivity contribution in [2.75, 3.05) is 18.2 Å². The highest BCUT2D eigenvalue weighted by molar-refractivity contribution is 7.89. The summed E-state index contributed by atoms with van der Waals surface area (Å²) in [5.41, 5.74) is -0.366. The number of carbonyl (C=O) groups excluding carboxylic acids is 1. The number of rotatable bonds is 5. The first-order valence-corrected chi connectivity index (χ1v) is 6.69. The fourth-order valence-electron chi connectivity index (χ4n) is 0.812. The number of nitrogens with one attached hydrogen (secondary N) is 2. The van der Waals surface area contributed by atoms with Crippen molar-refractivity contribution in [3.8, 4) is 0 Å². The zero-order valence-corrected chi connectivity index (χ0v) is 10.7. The van der Waals surface area contributed by atoms with Gasteiger partial charge in [-0.05, 0) is 20.8 Å². The molecule has 2 N–H and O–H groups in total. The minimum Gasteiger partial charge on any atom is -0.350 e. The molecule has 0 aliphatic carbocycles. The van der Waals surface area contributed by atoms with Crippen molar-refractivity contribution in [2.45, 2.75) is 26.3 Å². The molecule has 0 rings (SSSR count). The van der Waals surface area contributed by atoms with Crippen LogP contribution in [0.3, 0.4) is 0 Å². The molecule has 15 heavy (non-hydrogen) atoms. The molecule has 0 spiro atoms. The molecule has 0 fully saturated rings. The van der Waals surface area contributed by atoms with E-state index in [9.17, 15) is 13.2 Å². The number of alkyl halides is 1. The van der Waals surface area contributed by atoms with E-state index in [1.165, 1.54) is 0 Å². The Morgan fingerprint density at radius 2 is 1.87 bits per heavy atom. The quantitative estimate of drug-likeness (QED) is 0.683. The van der Waals surface area contributed by atoms with E-state index in [4.69, 9.17) is 11.6 Å². The Labute approximate surface area is 95.6 Å². The van der Waals surface area contributed by atoms with Gasteiger partial charge in [-0.3, -0.25) is 4.79 Å². The highest BCUT2D eigenvalue weighted by Crippen LogP contribution is 1.97. The van der Waals surface area contributed by atoms with Crippen LogP contribution in [0.2, 0.25) is 0 Å². The summed E-state index contributed by atoms with van der Waals surface area (Å²) in [6, 6.07) is 0. The summed E-state index contributed by atoms with van der Waals surface area (Å²) in [7, 11) is -3.43. The van der Waals surface area contributed by atoms with Gasteiger partial charge in [0.25, 0.3) is 0 Å². The second-order valence-electron chi connectivity index (χ2n) is 4.13. The second kappa shape index (κ2) is 5.67. The van der Waals surface area contributed by atoms with Crippen molar-refractivity contribution < 1.29 is 13.2 Å². The van der Waals surface area contributed by atoms with Crippen LogP contribution in [0.1, 0.15) is 20.8 Å². The highest BCUT2D eigenvalue weighted by Gasteiger charge is 2.16. The van der Waals surface area contributed by atoms with Crippen LogP contribution in [0.5, 0.6) is 0 Å². The number of hydrogen-bond acceptors (Lipinski definition) is 3. The molecule has 0 aliphatic heterocycles. The number of amides is 1. The molecule has 0 saturated heterocycles. The van der Waals surface area contributed by atoms with E-state index in [0.717, 1.165) is 0 Å². The number of carbonyl (C=O) groups is 1. The average Bonchev–Trinajstić information content (AvgIpc) is 1.98. The number of halogens is 1. The van der Waals surface area contributed by atoms with E-state index in [-0.39, 0.29) is 29.6 Å². The summed E-state index contributed by atoms with van der Waals surface area (Å²) in [5.74, 6) is -0.534. The molecule has 0 aromatic heterocycles. The third kappa shape index (κ3) is 8.65. The lowest BCUT2D eigenvalue weighted by molar-refractivity contribution is -0.121. The SMILES string of the molecule is CC(C)(C)NC(=O)CNS(=O)(=O)CCCl. The van der Waals surface area contributed by atoms with Crippen LogP contribution in [-0.4, -0.2) is 38.0 Å². The zero-order valence-electron chi connectivity index (χ0n) is 9.13. The zero-order chi connectivity index (χ0) is 12.1. The van der Waals surface area contributed by atoms with Gasteiger partial charge in [0, 0.05) is 11.4 Å². The first kappa shape index (κ1) is 14.7. The normalized spacial score (nSPS) is 12.5. The van der Waals surface area contributed by atoms with Gasteiger partial charge < -0.3 is 5.32 Å². The minimum absolute atomic E-state index is 0.0101. The Hall–Kier alpha value is -0.330. The first-order valence-electron chi connectivity index (χ1n) is 4.50. The van der Waals surface area contributed by atoms with Crippen molar-refractivity contribution in [1.29, 1.82) is 0 Å². The number of sulfonamides is 1. The summed E-state index contributed by atoms with van der Waals surface area (Å²) in [4.78, 5) is 11.2. The smallest absolute Gasteiger partial charge is 0.235 e. The molecule has 0 unspecified atom stereocenters. The van der Waals surface area contributed by atoms with Crippen molar-refractivity contribution in [3.63, 3.8) is 0 Å². The summed E-state index contributed by atoms with van der Waals surface area (Å²) in [6.45, 7) is 5.20. The van der Waals surface area contributed by atoms with Gasteiger partial charge in [-0.2, -0.15) is 0 Å². The summed E-state index contributed by atoms with van der Waals surface area (Å²) in [5, 5.41) is 2.63. The molecule has 0 atom stereocenters. The van der Waals surface area contributed by atoms with Gasteiger partial charge in [-0.1, -0.05) is 0 Å². The number of hydrogen-bond donors (Lipinski definition) is 2. The highest BCUT2D eigenvalue weighted by atomic mass is 35.5. The van der Waals surface area contributed by atoms with Crippen LogP contribution in [-0.2, 0) is 14.8 Å². The van der Waals surface area contributed by atoms with E-state index >= 15 is 0 Å². The molecule has 7 heteroatoms. The molecule has 0 radical (unpaired) electrons. The predicted octanol–water partition coefficient (Wildman–Crippen LogP) is 0.0593. The third-order valence-corrected chi connectivity index (χ3v) is 3.05. The largest absolute Gasteiger partial charge is 0.350 e. The van der Waals surface area contributed by atoms with E-state index < -0.39 is 10.0 Å². The Bertz CT molecular complexity index is 308. The first-order chi connectivity index (χ1) is 6.66. The van der Waals surface area contributed by atoms with Gasteiger partial charge in [-0.25, -0.2) is 13.1 Å². The molecule has 0 heterocycles. The van der Waals surface area contributed by atoms with Crippen LogP contribution in [0.4, 0.5) is 0 Å². The molecule has 0 aliphatic rings. The maximum absolute atomic E-state index is 11.2. The summed E-state index contributed by atoms with van der Waals surface area (Å²) in [6.07, 6.45) is 0. The molecule has 0 saturated carbocycles. The van der Waals surface area contributed by atoms with Crippen LogP contribution in [0.15, 0.2) is 0 Å². The van der Waals surface area contributed by atoms with Crippen molar-refractivity contribution >= 4 is 27.5 Å². The Kier molecular flexibility index (Phi) is 5.55. The fraction of sp³-hybridized carbons (Fsp3) is 0.875. The Morgan fingerprint density at radius 1 is 1.33 bits per heavy atom. The summed E-state index contributed by atoms with van der Waals surface area (Å²) >= 11 is 5.29. The van der Waals surface area contributed by atoms with Crippen LogP contribution in [0, 0.1) is 0 Å². The molecular formula is C8H17ClN2O3S. The van der Waals surface area contributed by atoms with E-state index in [1.54, 1.807) is 0 Å². The van der Waals surface area contributed by atoms with Gasteiger partial charge >= 0.3 is 0 Å². The van der Waals surface area contributed by atoms with Crippen molar-refractivity contribution in [3.05, 3.63) is 0 Å². The van der Waals surface area contributed by atoms with Crippen LogP contribution >= 0.6 is 11.6 Å². The molecule has 1 amide bonds. The molecule has 0 aromatic rings. The summed E-state index contributed by atoms with van der Waals surface area (Å²) < 4.78 is 24.4. The van der Waals surface area contributed by atoms with Gasteiger partial charge in [0.2, 0.25) is 15.9 Å². The average molecular weight is 257 g/mol. The molecular weight excluding hydrogens is 240 g/mol. The van der Waals surface area contributed by atoms with E-state index in [2.05, 4.69) is 10.0 Å². The second-order valence-corrected chi connectivity index (χ2v) is 6.43. The van der Waals surface area contributed by atoms with E-state index in [0.29, 0.717) is 0 Å². The third-order valence-electron chi connectivity index (χ3n) is 1.31. The molecule has 0 aromatic carbocycles. The standard InChI is InChI=1S/C8H17ClN2O3S/c1-8(2,3)11-7(12)6-10-15(13,14)5-4-9/h10H,4-6H2,1-3H3,(H,11,12). The Balaban J connectivity index is 4.02. The van der Waals surface area contributed by atoms with Gasteiger partial charge in [0.15, 0.2) is 0 Å². The maximum atomic E-state index is 11.2. The van der Waals surface area contributed by atoms with Crippen molar-refractivity contribution in [2.24, 2.45) is 0 Å². The van der Waals surface area contributed by atoms with Gasteiger partial charge in [0.1, 0.15) is 0 Å². The Morgan fingerprint density at radius 3 is 2.27 bits per heavy atom. The topological polar surface area (TPSA) is 75.3 Å². The lowest BCUT2D eigenvalue weighted by atomic mass is 10.1. The van der Waals surface area contributed by atoms with Gasteiger partial charge in [0.05, 0.1) is 12.3 Å². The fourth-order valence-corrected chi connectivity index (χ4v) is 2.12. The van der Waals surface area contributed by atoms with Crippen LogP contribution < -0.4 is 10.0 Å². The predicted molar refractivity (Wildman–Crippen MR) is 60.4 cm³/mol. The van der Waals surface area contributed by atoms with Gasteiger partial charge in [-0.15, -0.1) is 11.6 Å². The lowest BCUT2D eigenvalue weighted by Crippen LogP contribution is -2.46.